The number of aryl methyl sites for hydroxylation is 5. The highest BCUT2D eigenvalue weighted by atomic mass is 14.8. The topological polar surface area (TPSA) is 25.8 Å². The Labute approximate surface area is 225 Å². The Hall–Kier alpha value is -4.30. The molecular formula is C36H32N2. The number of pyridine rings is 2. The maximum absolute atomic E-state index is 5.29. The van der Waals surface area contributed by atoms with Crippen molar-refractivity contribution < 1.29 is 0 Å². The Morgan fingerprint density at radius 2 is 0.868 bits per heavy atom. The van der Waals surface area contributed by atoms with E-state index in [4.69, 9.17) is 9.97 Å². The van der Waals surface area contributed by atoms with Gasteiger partial charge in [-0.1, -0.05) is 78.9 Å². The number of nitrogens with zero attached hydrogens (tertiary/aromatic N) is 2. The Balaban J connectivity index is 1.45. The summed E-state index contributed by atoms with van der Waals surface area (Å²) in [6, 6.07) is 28.1. The summed E-state index contributed by atoms with van der Waals surface area (Å²) in [5.41, 5.74) is 16.7. The maximum atomic E-state index is 5.29. The molecule has 0 fully saturated rings. The first-order valence-electron chi connectivity index (χ1n) is 13.3. The van der Waals surface area contributed by atoms with Crippen LogP contribution < -0.4 is 0 Å². The third-order valence-corrected chi connectivity index (χ3v) is 8.36. The number of hydrogen-bond donors (Lipinski definition) is 0. The van der Waals surface area contributed by atoms with Crippen molar-refractivity contribution >= 4 is 21.8 Å². The monoisotopic (exact) mass is 492 g/mol. The third kappa shape index (κ3) is 3.80. The van der Waals surface area contributed by atoms with Crippen LogP contribution in [0.15, 0.2) is 85.1 Å². The molecule has 0 N–H and O–H groups in total. The molecule has 0 saturated heterocycles. The van der Waals surface area contributed by atoms with Crippen molar-refractivity contribution in [3.05, 3.63) is 118 Å². The van der Waals surface area contributed by atoms with Gasteiger partial charge in [0.1, 0.15) is 0 Å². The highest BCUT2D eigenvalue weighted by Gasteiger charge is 2.19. The van der Waals surface area contributed by atoms with Crippen LogP contribution in [0, 0.1) is 41.5 Å². The molecule has 0 aliphatic heterocycles. The van der Waals surface area contributed by atoms with Gasteiger partial charge in [0, 0.05) is 22.5 Å². The summed E-state index contributed by atoms with van der Waals surface area (Å²) < 4.78 is 0. The molecule has 0 radical (unpaired) electrons. The van der Waals surface area contributed by atoms with Gasteiger partial charge < -0.3 is 0 Å². The Kier molecular flexibility index (Phi) is 5.84. The number of rotatable bonds is 3. The molecule has 2 heterocycles. The van der Waals surface area contributed by atoms with Crippen LogP contribution in [0.3, 0.4) is 0 Å². The lowest BCUT2D eigenvalue weighted by molar-refractivity contribution is 1.23. The number of aromatic nitrogens is 2. The minimum Gasteiger partial charge on any atom is -0.254 e. The molecule has 4 aromatic carbocycles. The van der Waals surface area contributed by atoms with E-state index in [0.717, 1.165) is 22.3 Å². The van der Waals surface area contributed by atoms with Gasteiger partial charge in [-0.2, -0.15) is 0 Å². The van der Waals surface area contributed by atoms with E-state index in [1.54, 1.807) is 0 Å². The molecule has 6 aromatic rings. The Bertz CT molecular complexity index is 1830. The fraction of sp³-hybridized carbons (Fsp3) is 0.167. The lowest BCUT2D eigenvalue weighted by atomic mass is 9.90. The van der Waals surface area contributed by atoms with Gasteiger partial charge >= 0.3 is 0 Å². The second kappa shape index (κ2) is 9.22. The molecule has 2 heteroatoms. The zero-order valence-electron chi connectivity index (χ0n) is 23.0. The Morgan fingerprint density at radius 3 is 1.42 bits per heavy atom. The summed E-state index contributed by atoms with van der Waals surface area (Å²) in [6.07, 6.45) is 1.99. The van der Waals surface area contributed by atoms with Gasteiger partial charge in [-0.3, -0.25) is 4.98 Å². The Morgan fingerprint density at radius 1 is 0.421 bits per heavy atom. The van der Waals surface area contributed by atoms with Gasteiger partial charge in [-0.05, 0) is 97.2 Å². The zero-order valence-corrected chi connectivity index (χ0v) is 23.0. The van der Waals surface area contributed by atoms with Gasteiger partial charge in [0.25, 0.3) is 0 Å². The van der Waals surface area contributed by atoms with Crippen molar-refractivity contribution in [3.63, 3.8) is 0 Å². The highest BCUT2D eigenvalue weighted by Crippen LogP contribution is 2.38. The van der Waals surface area contributed by atoms with Gasteiger partial charge in [-0.25, -0.2) is 4.98 Å². The summed E-state index contributed by atoms with van der Waals surface area (Å²) in [5, 5.41) is 2.48. The average molecular weight is 493 g/mol. The van der Waals surface area contributed by atoms with Crippen LogP contribution in [-0.4, -0.2) is 9.97 Å². The quantitative estimate of drug-likeness (QED) is 0.230. The summed E-state index contributed by atoms with van der Waals surface area (Å²) in [4.78, 5) is 10.2. The van der Waals surface area contributed by atoms with Gasteiger partial charge in [0.2, 0.25) is 0 Å². The van der Waals surface area contributed by atoms with Crippen LogP contribution in [0.25, 0.3) is 55.3 Å². The van der Waals surface area contributed by atoms with Crippen molar-refractivity contribution in [2.45, 2.75) is 41.5 Å². The predicted molar refractivity (Wildman–Crippen MR) is 162 cm³/mol. The molecule has 186 valence electrons. The van der Waals surface area contributed by atoms with Crippen LogP contribution in [0.5, 0.6) is 0 Å². The summed E-state index contributed by atoms with van der Waals surface area (Å²) in [6.45, 7) is 13.2. The van der Waals surface area contributed by atoms with E-state index in [1.807, 2.05) is 6.20 Å². The van der Waals surface area contributed by atoms with E-state index in [0.29, 0.717) is 0 Å². The first-order chi connectivity index (χ1) is 18.3. The van der Waals surface area contributed by atoms with E-state index in [9.17, 15) is 0 Å². The summed E-state index contributed by atoms with van der Waals surface area (Å²) in [7, 11) is 0. The summed E-state index contributed by atoms with van der Waals surface area (Å²) >= 11 is 0. The minimum absolute atomic E-state index is 1.00. The lowest BCUT2D eigenvalue weighted by Gasteiger charge is -2.19. The second-order valence-corrected chi connectivity index (χ2v) is 10.5. The van der Waals surface area contributed by atoms with Crippen molar-refractivity contribution in [1.29, 1.82) is 0 Å². The first kappa shape index (κ1) is 24.1. The lowest BCUT2D eigenvalue weighted by Crippen LogP contribution is -2.01. The van der Waals surface area contributed by atoms with Crippen LogP contribution in [0.2, 0.25) is 0 Å². The molecule has 38 heavy (non-hydrogen) atoms. The number of benzene rings is 4. The van der Waals surface area contributed by atoms with Crippen molar-refractivity contribution in [3.8, 4) is 33.5 Å². The van der Waals surface area contributed by atoms with E-state index in [1.165, 1.54) is 66.4 Å². The van der Waals surface area contributed by atoms with Gasteiger partial charge in [0.05, 0.1) is 16.7 Å². The van der Waals surface area contributed by atoms with Crippen LogP contribution in [0.1, 0.15) is 33.4 Å². The molecule has 2 aromatic heterocycles. The van der Waals surface area contributed by atoms with E-state index >= 15 is 0 Å². The fourth-order valence-corrected chi connectivity index (χ4v) is 5.72. The molecule has 2 nitrogen and oxygen atoms in total. The van der Waals surface area contributed by atoms with Gasteiger partial charge in [0.15, 0.2) is 0 Å². The van der Waals surface area contributed by atoms with Gasteiger partial charge in [-0.15, -0.1) is 0 Å². The normalized spacial score (nSPS) is 11.4. The SMILES string of the molecule is Cc1cnc2c(c1C)c(C)c(C)c1c(C)c(C)c(-c3ccc(-c4ccc(-c5ccccc5)cc4)cc3)nc12. The summed E-state index contributed by atoms with van der Waals surface area (Å²) in [5.74, 6) is 0. The molecule has 0 aliphatic carbocycles. The smallest absolute Gasteiger partial charge is 0.0977 e. The number of fused-ring (bicyclic) bond motifs is 3. The molecule has 6 rings (SSSR count). The predicted octanol–water partition coefficient (Wildman–Crippen LogP) is 9.63. The van der Waals surface area contributed by atoms with Crippen molar-refractivity contribution in [2.75, 3.05) is 0 Å². The zero-order chi connectivity index (χ0) is 26.6. The first-order valence-corrected chi connectivity index (χ1v) is 13.3. The maximum Gasteiger partial charge on any atom is 0.0977 e. The molecule has 0 saturated carbocycles. The van der Waals surface area contributed by atoms with Crippen molar-refractivity contribution in [1.82, 2.24) is 9.97 Å². The number of hydrogen-bond acceptors (Lipinski definition) is 2. The van der Waals surface area contributed by atoms with E-state index in [2.05, 4.69) is 120 Å². The third-order valence-electron chi connectivity index (χ3n) is 8.36. The molecule has 0 aliphatic rings. The van der Waals surface area contributed by atoms with E-state index < -0.39 is 0 Å². The molecule has 0 bridgehead atoms. The fourth-order valence-electron chi connectivity index (χ4n) is 5.72. The minimum atomic E-state index is 1.00. The average Bonchev–Trinajstić information content (AvgIpc) is 2.95. The molecule has 0 amide bonds. The molecular weight excluding hydrogens is 460 g/mol. The van der Waals surface area contributed by atoms with Crippen LogP contribution >= 0.6 is 0 Å². The second-order valence-electron chi connectivity index (χ2n) is 10.5. The molecule has 0 spiro atoms. The standard InChI is InChI=1S/C36H32N2/c1-21-20-37-35-32(22(21)2)23(3)24(4)33-25(5)26(6)34(38-36(33)35)31-18-16-30(17-19-31)29-14-12-28(13-15-29)27-10-8-7-9-11-27/h7-20H,1-6H3. The molecule has 0 unspecified atom stereocenters. The van der Waals surface area contributed by atoms with E-state index in [-0.39, 0.29) is 0 Å². The molecule has 0 atom stereocenters. The largest absolute Gasteiger partial charge is 0.254 e. The highest BCUT2D eigenvalue weighted by molar-refractivity contribution is 6.09. The van der Waals surface area contributed by atoms with Crippen LogP contribution in [0.4, 0.5) is 0 Å². The van der Waals surface area contributed by atoms with Crippen molar-refractivity contribution in [2.24, 2.45) is 0 Å². The van der Waals surface area contributed by atoms with Crippen LogP contribution in [-0.2, 0) is 0 Å².